The van der Waals surface area contributed by atoms with Crippen LogP contribution in [-0.2, 0) is 24.9 Å². The lowest BCUT2D eigenvalue weighted by Gasteiger charge is -2.27. The summed E-state index contributed by atoms with van der Waals surface area (Å²) in [6.45, 7) is 0. The molecular formula is C13H12F3NO3. The molecule has 0 heterocycles. The minimum absolute atomic E-state index is 0.0134. The van der Waals surface area contributed by atoms with Gasteiger partial charge in [0.2, 0.25) is 0 Å². The Bertz CT molecular complexity index is 612. The average Bonchev–Trinajstić information content (AvgIpc) is 2.91. The molecule has 7 heteroatoms. The first-order valence-electron chi connectivity index (χ1n) is 6.37. The van der Waals surface area contributed by atoms with Crippen LogP contribution in [0.2, 0.25) is 0 Å². The molecule has 1 aromatic carbocycles. The van der Waals surface area contributed by atoms with E-state index >= 15 is 0 Å². The summed E-state index contributed by atoms with van der Waals surface area (Å²) >= 11 is 0. The number of benzene rings is 1. The van der Waals surface area contributed by atoms with Crippen molar-refractivity contribution < 1.29 is 23.2 Å². The van der Waals surface area contributed by atoms with Gasteiger partial charge in [-0.1, -0.05) is 6.07 Å². The lowest BCUT2D eigenvalue weighted by molar-refractivity contribution is -0.389. The highest BCUT2D eigenvalue weighted by Crippen LogP contribution is 2.53. The molecule has 0 bridgehead atoms. The summed E-state index contributed by atoms with van der Waals surface area (Å²) in [6, 6.07) is 1.61. The van der Waals surface area contributed by atoms with Gasteiger partial charge in [0.15, 0.2) is 5.60 Å². The average molecular weight is 287 g/mol. The standard InChI is InChI=1S/C13H12F3NO3/c14-13(15,16)12(18)5-4-8-6-7-2-1-3-9(7)11(10(8)12)17(19)20/h6,18H,1-5H2/t12-/m1/s1. The summed E-state index contributed by atoms with van der Waals surface area (Å²) in [5.74, 6) is 0. The van der Waals surface area contributed by atoms with Crippen LogP contribution >= 0.6 is 0 Å². The highest BCUT2D eigenvalue weighted by atomic mass is 19.4. The van der Waals surface area contributed by atoms with E-state index in [0.717, 1.165) is 5.56 Å². The van der Waals surface area contributed by atoms with Crippen LogP contribution in [0.3, 0.4) is 0 Å². The second-order valence-corrected chi connectivity index (χ2v) is 5.37. The van der Waals surface area contributed by atoms with Crippen molar-refractivity contribution >= 4 is 5.69 Å². The van der Waals surface area contributed by atoms with Gasteiger partial charge in [-0.05, 0) is 43.2 Å². The maximum atomic E-state index is 13.1. The zero-order chi connectivity index (χ0) is 14.7. The van der Waals surface area contributed by atoms with Crippen molar-refractivity contribution in [2.45, 2.75) is 43.9 Å². The molecule has 0 unspecified atom stereocenters. The van der Waals surface area contributed by atoms with E-state index in [1.54, 1.807) is 6.07 Å². The number of halogens is 3. The normalized spacial score (nSPS) is 24.6. The van der Waals surface area contributed by atoms with Crippen LogP contribution in [0.15, 0.2) is 6.07 Å². The molecular weight excluding hydrogens is 275 g/mol. The predicted molar refractivity (Wildman–Crippen MR) is 63.4 cm³/mol. The number of nitrogens with zero attached hydrogens (tertiary/aromatic N) is 1. The fourth-order valence-electron chi connectivity index (χ4n) is 3.37. The molecule has 1 atom stereocenters. The number of aryl methyl sites for hydroxylation is 2. The molecule has 1 N–H and O–H groups in total. The van der Waals surface area contributed by atoms with Crippen LogP contribution in [0.4, 0.5) is 18.9 Å². The van der Waals surface area contributed by atoms with Crippen LogP contribution in [-0.4, -0.2) is 16.2 Å². The van der Waals surface area contributed by atoms with Crippen molar-refractivity contribution in [3.8, 4) is 0 Å². The summed E-state index contributed by atoms with van der Waals surface area (Å²) < 4.78 is 39.4. The molecule has 0 amide bonds. The fourth-order valence-corrected chi connectivity index (χ4v) is 3.37. The minimum Gasteiger partial charge on any atom is -0.376 e. The Hall–Kier alpha value is -1.63. The van der Waals surface area contributed by atoms with E-state index in [1.807, 2.05) is 0 Å². The number of fused-ring (bicyclic) bond motifs is 2. The topological polar surface area (TPSA) is 63.4 Å². The third-order valence-electron chi connectivity index (χ3n) is 4.27. The third kappa shape index (κ3) is 1.59. The molecule has 1 aromatic rings. The first-order chi connectivity index (χ1) is 9.25. The molecule has 2 aliphatic carbocycles. The van der Waals surface area contributed by atoms with Crippen molar-refractivity contribution in [3.63, 3.8) is 0 Å². The molecule has 0 radical (unpaired) electrons. The molecule has 0 saturated carbocycles. The first kappa shape index (κ1) is 13.4. The van der Waals surface area contributed by atoms with Gasteiger partial charge in [-0.2, -0.15) is 13.2 Å². The zero-order valence-corrected chi connectivity index (χ0v) is 10.5. The molecule has 0 aromatic heterocycles. The Kier molecular flexibility index (Phi) is 2.63. The number of rotatable bonds is 1. The molecule has 3 rings (SSSR count). The molecule has 108 valence electrons. The van der Waals surface area contributed by atoms with Gasteiger partial charge in [0.1, 0.15) is 0 Å². The van der Waals surface area contributed by atoms with Crippen LogP contribution in [0, 0.1) is 10.1 Å². The van der Waals surface area contributed by atoms with Crippen LogP contribution in [0.25, 0.3) is 0 Å². The van der Waals surface area contributed by atoms with E-state index in [2.05, 4.69) is 0 Å². The Morgan fingerprint density at radius 1 is 1.25 bits per heavy atom. The monoisotopic (exact) mass is 287 g/mol. The molecule has 2 aliphatic rings. The highest BCUT2D eigenvalue weighted by molar-refractivity contribution is 5.61. The smallest absolute Gasteiger partial charge is 0.376 e. The molecule has 4 nitrogen and oxygen atoms in total. The minimum atomic E-state index is -4.91. The molecule has 0 fully saturated rings. The highest BCUT2D eigenvalue weighted by Gasteiger charge is 2.61. The van der Waals surface area contributed by atoms with Gasteiger partial charge in [0, 0.05) is 5.56 Å². The summed E-state index contributed by atoms with van der Waals surface area (Å²) in [5, 5.41) is 21.3. The number of hydrogen-bond acceptors (Lipinski definition) is 3. The molecule has 20 heavy (non-hydrogen) atoms. The van der Waals surface area contributed by atoms with Crippen molar-refractivity contribution in [1.82, 2.24) is 0 Å². The van der Waals surface area contributed by atoms with Crippen molar-refractivity contribution in [1.29, 1.82) is 0 Å². The van der Waals surface area contributed by atoms with Gasteiger partial charge in [-0.25, -0.2) is 0 Å². The second-order valence-electron chi connectivity index (χ2n) is 5.37. The number of alkyl halides is 3. The van der Waals surface area contributed by atoms with E-state index in [0.29, 0.717) is 24.8 Å². The number of hydrogen-bond donors (Lipinski definition) is 1. The molecule has 0 spiro atoms. The fraction of sp³-hybridized carbons (Fsp3) is 0.538. The van der Waals surface area contributed by atoms with Gasteiger partial charge in [0.05, 0.1) is 10.5 Å². The quantitative estimate of drug-likeness (QED) is 0.638. The van der Waals surface area contributed by atoms with Crippen molar-refractivity contribution in [3.05, 3.63) is 38.4 Å². The SMILES string of the molecule is O=[N+]([O-])c1c2c(cc3c1[C@@](O)(C(F)(F)F)CC3)CCC2. The van der Waals surface area contributed by atoms with Gasteiger partial charge in [-0.3, -0.25) is 10.1 Å². The second kappa shape index (κ2) is 3.94. The number of nitro benzene ring substituents is 1. The number of aliphatic hydroxyl groups is 1. The summed E-state index contributed by atoms with van der Waals surface area (Å²) in [6.07, 6.45) is -3.70. The largest absolute Gasteiger partial charge is 0.421 e. The maximum Gasteiger partial charge on any atom is 0.421 e. The summed E-state index contributed by atoms with van der Waals surface area (Å²) in [4.78, 5) is 10.5. The van der Waals surface area contributed by atoms with Crippen LogP contribution in [0.1, 0.15) is 35.1 Å². The third-order valence-corrected chi connectivity index (χ3v) is 4.27. The van der Waals surface area contributed by atoms with E-state index < -0.39 is 34.4 Å². The molecule has 0 saturated heterocycles. The Morgan fingerprint density at radius 3 is 2.55 bits per heavy atom. The summed E-state index contributed by atoms with van der Waals surface area (Å²) in [7, 11) is 0. The Balaban J connectivity index is 2.32. The lowest BCUT2D eigenvalue weighted by atomic mass is 9.90. The predicted octanol–water partition coefficient (Wildman–Crippen LogP) is 2.78. The maximum absolute atomic E-state index is 13.1. The zero-order valence-electron chi connectivity index (χ0n) is 10.5. The van der Waals surface area contributed by atoms with Crippen LogP contribution in [0.5, 0.6) is 0 Å². The van der Waals surface area contributed by atoms with Gasteiger partial charge in [-0.15, -0.1) is 0 Å². The van der Waals surface area contributed by atoms with Crippen molar-refractivity contribution in [2.75, 3.05) is 0 Å². The van der Waals surface area contributed by atoms with Gasteiger partial charge < -0.3 is 5.11 Å². The Morgan fingerprint density at radius 2 is 1.95 bits per heavy atom. The lowest BCUT2D eigenvalue weighted by Crippen LogP contribution is -2.40. The van der Waals surface area contributed by atoms with E-state index in [-0.39, 0.29) is 12.0 Å². The van der Waals surface area contributed by atoms with Gasteiger partial charge in [0.25, 0.3) is 5.69 Å². The van der Waals surface area contributed by atoms with Crippen molar-refractivity contribution in [2.24, 2.45) is 0 Å². The Labute approximate surface area is 112 Å². The summed E-state index contributed by atoms with van der Waals surface area (Å²) in [5.41, 5.74) is -2.78. The number of nitro groups is 1. The first-order valence-corrected chi connectivity index (χ1v) is 6.37. The van der Waals surface area contributed by atoms with Gasteiger partial charge >= 0.3 is 6.18 Å². The van der Waals surface area contributed by atoms with E-state index in [4.69, 9.17) is 0 Å². The molecule has 0 aliphatic heterocycles. The van der Waals surface area contributed by atoms with E-state index in [9.17, 15) is 28.4 Å². The van der Waals surface area contributed by atoms with E-state index in [1.165, 1.54) is 0 Å². The van der Waals surface area contributed by atoms with Crippen LogP contribution < -0.4 is 0 Å².